The lowest BCUT2D eigenvalue weighted by molar-refractivity contribution is 0.268. The summed E-state index contributed by atoms with van der Waals surface area (Å²) in [6.45, 7) is 1.19. The van der Waals surface area contributed by atoms with E-state index in [1.807, 2.05) is 91.0 Å². The number of pyridine rings is 1. The number of halogens is 2. The van der Waals surface area contributed by atoms with Gasteiger partial charge in [-0.15, -0.1) is 12.4 Å². The lowest BCUT2D eigenvalue weighted by atomic mass is 10.0. The molecule has 2 N–H and O–H groups in total. The van der Waals surface area contributed by atoms with Crippen LogP contribution in [0.3, 0.4) is 0 Å². The van der Waals surface area contributed by atoms with Gasteiger partial charge in [-0.05, 0) is 40.5 Å². The van der Waals surface area contributed by atoms with E-state index >= 15 is 0 Å². The molecule has 0 radical (unpaired) electrons. The third kappa shape index (κ3) is 6.01. The van der Waals surface area contributed by atoms with Crippen molar-refractivity contribution < 1.29 is 9.47 Å². The highest BCUT2D eigenvalue weighted by Crippen LogP contribution is 2.34. The number of hydrogen-bond donors (Lipinski definition) is 1. The molecule has 4 aromatic rings. The van der Waals surface area contributed by atoms with Gasteiger partial charge in [0.15, 0.2) is 0 Å². The minimum atomic E-state index is 0. The first-order valence-electron chi connectivity index (χ1n) is 10.1. The van der Waals surface area contributed by atoms with E-state index in [2.05, 4.69) is 4.98 Å². The molecular formula is C26H24Cl2N2O2. The fourth-order valence-electron chi connectivity index (χ4n) is 3.27. The Morgan fingerprint density at radius 3 is 1.94 bits per heavy atom. The predicted octanol–water partition coefficient (Wildman–Crippen LogP) is 6.44. The minimum absolute atomic E-state index is 0. The molecule has 3 aromatic carbocycles. The fourth-order valence-corrected chi connectivity index (χ4v) is 3.46. The van der Waals surface area contributed by atoms with Crippen LogP contribution in [0.2, 0.25) is 5.02 Å². The molecule has 0 spiro atoms. The van der Waals surface area contributed by atoms with Gasteiger partial charge in [-0.1, -0.05) is 78.3 Å². The Balaban J connectivity index is 0.00000289. The molecule has 0 atom stereocenters. The second-order valence-corrected chi connectivity index (χ2v) is 7.49. The van der Waals surface area contributed by atoms with Crippen LogP contribution in [0.5, 0.6) is 11.8 Å². The molecule has 0 saturated carbocycles. The molecule has 1 heterocycles. The number of nitrogens with two attached hydrogens (primary N) is 1. The van der Waals surface area contributed by atoms with Gasteiger partial charge in [0.2, 0.25) is 11.8 Å². The molecule has 1 aromatic heterocycles. The Labute approximate surface area is 199 Å². The molecular weight excluding hydrogens is 443 g/mol. The zero-order valence-corrected chi connectivity index (χ0v) is 19.0. The maximum absolute atomic E-state index is 6.17. The van der Waals surface area contributed by atoms with Crippen molar-refractivity contribution in [1.82, 2.24) is 4.98 Å². The molecule has 0 saturated heterocycles. The summed E-state index contributed by atoms with van der Waals surface area (Å²) < 4.78 is 12.0. The second-order valence-electron chi connectivity index (χ2n) is 7.06. The minimum Gasteiger partial charge on any atom is -0.473 e. The summed E-state index contributed by atoms with van der Waals surface area (Å²) in [6.07, 6.45) is 0. The Bertz CT molecular complexity index is 1140. The van der Waals surface area contributed by atoms with Crippen molar-refractivity contribution in [2.24, 2.45) is 5.73 Å². The summed E-state index contributed by atoms with van der Waals surface area (Å²) in [5, 5.41) is 0.645. The largest absolute Gasteiger partial charge is 0.473 e. The van der Waals surface area contributed by atoms with Crippen molar-refractivity contribution in [1.29, 1.82) is 0 Å². The van der Waals surface area contributed by atoms with Gasteiger partial charge in [0.05, 0.1) is 0 Å². The lowest BCUT2D eigenvalue weighted by Crippen LogP contribution is -2.04. The number of nitrogens with zero attached hydrogens (tertiary/aromatic N) is 1. The van der Waals surface area contributed by atoms with Crippen LogP contribution in [0.25, 0.3) is 11.1 Å². The average Bonchev–Trinajstić information content (AvgIpc) is 2.83. The lowest BCUT2D eigenvalue weighted by Gasteiger charge is -2.15. The van der Waals surface area contributed by atoms with Gasteiger partial charge >= 0.3 is 0 Å². The van der Waals surface area contributed by atoms with Gasteiger partial charge in [0.1, 0.15) is 13.2 Å². The van der Waals surface area contributed by atoms with Crippen LogP contribution in [-0.2, 0) is 19.8 Å². The van der Waals surface area contributed by atoms with Gasteiger partial charge in [0.25, 0.3) is 0 Å². The summed E-state index contributed by atoms with van der Waals surface area (Å²) in [4.78, 5) is 4.66. The van der Waals surface area contributed by atoms with Crippen molar-refractivity contribution >= 4 is 24.0 Å². The van der Waals surface area contributed by atoms with E-state index in [1.54, 1.807) is 0 Å². The van der Waals surface area contributed by atoms with Crippen LogP contribution < -0.4 is 15.2 Å². The standard InChI is InChI=1S/C26H23ClN2O2.ClH/c27-22-11-12-23(21(15-22)16-28)24-13-14-25(30-17-19-7-3-1-4-8-19)29-26(24)31-18-20-9-5-2-6-10-20;/h1-15H,16-18,28H2;1H. The number of rotatable bonds is 8. The van der Waals surface area contributed by atoms with E-state index in [1.165, 1.54) is 0 Å². The smallest absolute Gasteiger partial charge is 0.225 e. The summed E-state index contributed by atoms with van der Waals surface area (Å²) >= 11 is 6.17. The fraction of sp³-hybridized carbons (Fsp3) is 0.115. The Morgan fingerprint density at radius 2 is 1.31 bits per heavy atom. The molecule has 164 valence electrons. The third-order valence-electron chi connectivity index (χ3n) is 4.86. The molecule has 4 nitrogen and oxygen atoms in total. The molecule has 0 unspecified atom stereocenters. The predicted molar refractivity (Wildman–Crippen MR) is 131 cm³/mol. The Hall–Kier alpha value is -3.05. The van der Waals surface area contributed by atoms with Crippen molar-refractivity contribution in [2.75, 3.05) is 0 Å². The number of benzene rings is 3. The van der Waals surface area contributed by atoms with E-state index in [4.69, 9.17) is 26.8 Å². The Morgan fingerprint density at radius 1 is 0.719 bits per heavy atom. The first-order chi connectivity index (χ1) is 15.2. The SMILES string of the molecule is Cl.NCc1cc(Cl)ccc1-c1ccc(OCc2ccccc2)nc1OCc1ccccc1. The van der Waals surface area contributed by atoms with Gasteiger partial charge in [-0.3, -0.25) is 0 Å². The van der Waals surface area contributed by atoms with Gasteiger partial charge in [0, 0.05) is 23.2 Å². The second kappa shape index (κ2) is 11.5. The van der Waals surface area contributed by atoms with E-state index < -0.39 is 0 Å². The van der Waals surface area contributed by atoms with Gasteiger partial charge in [-0.2, -0.15) is 4.98 Å². The van der Waals surface area contributed by atoms with Crippen LogP contribution >= 0.6 is 24.0 Å². The molecule has 32 heavy (non-hydrogen) atoms. The van der Waals surface area contributed by atoms with E-state index in [0.717, 1.165) is 27.8 Å². The highest BCUT2D eigenvalue weighted by Gasteiger charge is 2.14. The average molecular weight is 467 g/mol. The molecule has 0 aliphatic rings. The molecule has 0 fully saturated rings. The number of aromatic nitrogens is 1. The van der Waals surface area contributed by atoms with Crippen LogP contribution in [0.15, 0.2) is 91.0 Å². The highest BCUT2D eigenvalue weighted by molar-refractivity contribution is 6.30. The first-order valence-corrected chi connectivity index (χ1v) is 10.4. The summed E-state index contributed by atoms with van der Waals surface area (Å²) in [6, 6.07) is 29.4. The molecule has 6 heteroatoms. The topological polar surface area (TPSA) is 57.4 Å². The number of ether oxygens (including phenoxy) is 2. The van der Waals surface area contributed by atoms with Crippen LogP contribution in [-0.4, -0.2) is 4.98 Å². The zero-order valence-electron chi connectivity index (χ0n) is 17.4. The zero-order chi connectivity index (χ0) is 21.5. The summed E-state index contributed by atoms with van der Waals surface area (Å²) in [5.74, 6) is 0.991. The third-order valence-corrected chi connectivity index (χ3v) is 5.10. The number of hydrogen-bond acceptors (Lipinski definition) is 4. The maximum atomic E-state index is 6.17. The highest BCUT2D eigenvalue weighted by atomic mass is 35.5. The van der Waals surface area contributed by atoms with Gasteiger partial charge < -0.3 is 15.2 Å². The quantitative estimate of drug-likeness (QED) is 0.324. The van der Waals surface area contributed by atoms with E-state index in [9.17, 15) is 0 Å². The van der Waals surface area contributed by atoms with E-state index in [0.29, 0.717) is 36.5 Å². The van der Waals surface area contributed by atoms with Crippen LogP contribution in [0.4, 0.5) is 0 Å². The van der Waals surface area contributed by atoms with Gasteiger partial charge in [-0.25, -0.2) is 0 Å². The summed E-state index contributed by atoms with van der Waals surface area (Å²) in [7, 11) is 0. The van der Waals surface area contributed by atoms with Crippen LogP contribution in [0.1, 0.15) is 16.7 Å². The van der Waals surface area contributed by atoms with Crippen LogP contribution in [0, 0.1) is 0 Å². The monoisotopic (exact) mass is 466 g/mol. The molecule has 4 rings (SSSR count). The first kappa shape index (κ1) is 23.6. The normalized spacial score (nSPS) is 10.3. The Kier molecular flexibility index (Phi) is 8.51. The molecule has 0 bridgehead atoms. The molecule has 0 amide bonds. The molecule has 0 aliphatic carbocycles. The van der Waals surface area contributed by atoms with Crippen molar-refractivity contribution in [3.8, 4) is 22.9 Å². The van der Waals surface area contributed by atoms with Crippen molar-refractivity contribution in [3.63, 3.8) is 0 Å². The van der Waals surface area contributed by atoms with Crippen molar-refractivity contribution in [3.05, 3.63) is 113 Å². The maximum Gasteiger partial charge on any atom is 0.225 e. The summed E-state index contributed by atoms with van der Waals surface area (Å²) in [5.41, 5.74) is 10.8. The van der Waals surface area contributed by atoms with E-state index in [-0.39, 0.29) is 12.4 Å². The molecule has 0 aliphatic heterocycles. The van der Waals surface area contributed by atoms with Crippen molar-refractivity contribution in [2.45, 2.75) is 19.8 Å².